The summed E-state index contributed by atoms with van der Waals surface area (Å²) in [5.41, 5.74) is 1.95. The standard InChI is InChI=1S/C27H29NO4/c1-18(2)28(25(29)19-11-13-20(14-12-19)27(3,4)5)24-16-15-22(17-23(24)26(30)31)32-21-9-7-6-8-10-21/h6-18H,1-5H3,(H,30,31). The Labute approximate surface area is 189 Å². The van der Waals surface area contributed by atoms with Gasteiger partial charge in [-0.3, -0.25) is 4.79 Å². The Hall–Kier alpha value is -3.60. The van der Waals surface area contributed by atoms with E-state index >= 15 is 0 Å². The first-order chi connectivity index (χ1) is 15.1. The second-order valence-corrected chi connectivity index (χ2v) is 9.00. The van der Waals surface area contributed by atoms with Crippen LogP contribution in [0.4, 0.5) is 5.69 Å². The molecule has 0 aromatic heterocycles. The van der Waals surface area contributed by atoms with E-state index in [1.54, 1.807) is 36.4 Å². The molecule has 0 fully saturated rings. The third-order valence-corrected chi connectivity index (χ3v) is 5.17. The topological polar surface area (TPSA) is 66.8 Å². The van der Waals surface area contributed by atoms with E-state index in [1.807, 2.05) is 44.2 Å². The monoisotopic (exact) mass is 431 g/mol. The van der Waals surface area contributed by atoms with Gasteiger partial charge in [0.25, 0.3) is 5.91 Å². The average Bonchev–Trinajstić information content (AvgIpc) is 2.74. The van der Waals surface area contributed by atoms with Gasteiger partial charge in [0.05, 0.1) is 11.3 Å². The molecule has 0 aliphatic heterocycles. The lowest BCUT2D eigenvalue weighted by atomic mass is 9.86. The molecule has 0 saturated carbocycles. The van der Waals surface area contributed by atoms with E-state index in [0.717, 1.165) is 5.56 Å². The second-order valence-electron chi connectivity index (χ2n) is 9.00. The first-order valence-corrected chi connectivity index (χ1v) is 10.6. The van der Waals surface area contributed by atoms with Gasteiger partial charge in [0.2, 0.25) is 0 Å². The molecular weight excluding hydrogens is 402 g/mol. The second kappa shape index (κ2) is 9.27. The number of amides is 1. The molecule has 0 heterocycles. The zero-order valence-corrected chi connectivity index (χ0v) is 19.1. The van der Waals surface area contributed by atoms with Crippen molar-refractivity contribution in [3.8, 4) is 11.5 Å². The third kappa shape index (κ3) is 5.17. The summed E-state index contributed by atoms with van der Waals surface area (Å²) in [6, 6.07) is 21.1. The van der Waals surface area contributed by atoms with Gasteiger partial charge in [0.15, 0.2) is 0 Å². The SMILES string of the molecule is CC(C)N(C(=O)c1ccc(C(C)(C)C)cc1)c1ccc(Oc2ccccc2)cc1C(=O)O. The summed E-state index contributed by atoms with van der Waals surface area (Å²) in [7, 11) is 0. The molecule has 0 atom stereocenters. The molecule has 32 heavy (non-hydrogen) atoms. The quantitative estimate of drug-likeness (QED) is 0.482. The highest BCUT2D eigenvalue weighted by Gasteiger charge is 2.26. The van der Waals surface area contributed by atoms with Crippen molar-refractivity contribution < 1.29 is 19.4 Å². The molecule has 0 unspecified atom stereocenters. The molecule has 3 aromatic carbocycles. The smallest absolute Gasteiger partial charge is 0.337 e. The van der Waals surface area contributed by atoms with Crippen molar-refractivity contribution in [1.82, 2.24) is 0 Å². The Kier molecular flexibility index (Phi) is 6.68. The number of para-hydroxylation sites is 1. The van der Waals surface area contributed by atoms with Crippen LogP contribution in [-0.4, -0.2) is 23.0 Å². The number of hydrogen-bond donors (Lipinski definition) is 1. The van der Waals surface area contributed by atoms with Crippen LogP contribution in [0.2, 0.25) is 0 Å². The maximum atomic E-state index is 13.4. The summed E-state index contributed by atoms with van der Waals surface area (Å²) >= 11 is 0. The lowest BCUT2D eigenvalue weighted by Crippen LogP contribution is -2.38. The molecule has 1 amide bonds. The van der Waals surface area contributed by atoms with Crippen molar-refractivity contribution in [2.24, 2.45) is 0 Å². The van der Waals surface area contributed by atoms with Gasteiger partial charge in [0, 0.05) is 11.6 Å². The zero-order chi connectivity index (χ0) is 23.5. The number of rotatable bonds is 6. The van der Waals surface area contributed by atoms with Crippen LogP contribution in [-0.2, 0) is 5.41 Å². The van der Waals surface area contributed by atoms with Crippen LogP contribution >= 0.6 is 0 Å². The van der Waals surface area contributed by atoms with Crippen molar-refractivity contribution in [2.45, 2.75) is 46.1 Å². The van der Waals surface area contributed by atoms with Crippen LogP contribution in [0.1, 0.15) is 60.9 Å². The molecule has 0 spiro atoms. The Morgan fingerprint density at radius 3 is 2.03 bits per heavy atom. The summed E-state index contributed by atoms with van der Waals surface area (Å²) < 4.78 is 5.79. The van der Waals surface area contributed by atoms with E-state index in [0.29, 0.717) is 22.7 Å². The molecule has 5 nitrogen and oxygen atoms in total. The predicted octanol–water partition coefficient (Wildman–Crippen LogP) is 6.53. The van der Waals surface area contributed by atoms with Crippen molar-refractivity contribution in [3.05, 3.63) is 89.5 Å². The van der Waals surface area contributed by atoms with Crippen molar-refractivity contribution in [1.29, 1.82) is 0 Å². The van der Waals surface area contributed by atoms with Crippen molar-refractivity contribution in [2.75, 3.05) is 4.90 Å². The first-order valence-electron chi connectivity index (χ1n) is 10.6. The van der Waals surface area contributed by atoms with Gasteiger partial charge in [0.1, 0.15) is 11.5 Å². The summed E-state index contributed by atoms with van der Waals surface area (Å²) in [6.07, 6.45) is 0. The molecule has 0 radical (unpaired) electrons. The van der Waals surface area contributed by atoms with Crippen molar-refractivity contribution in [3.63, 3.8) is 0 Å². The summed E-state index contributed by atoms with van der Waals surface area (Å²) in [4.78, 5) is 27.0. The van der Waals surface area contributed by atoms with Gasteiger partial charge in [-0.15, -0.1) is 0 Å². The molecular formula is C27H29NO4. The number of carbonyl (C=O) groups is 2. The van der Waals surface area contributed by atoms with E-state index in [4.69, 9.17) is 4.74 Å². The molecule has 0 aliphatic carbocycles. The molecule has 166 valence electrons. The van der Waals surface area contributed by atoms with E-state index in [1.165, 1.54) is 11.0 Å². The number of benzene rings is 3. The van der Waals surface area contributed by atoms with Crippen LogP contribution < -0.4 is 9.64 Å². The van der Waals surface area contributed by atoms with Gasteiger partial charge in [-0.2, -0.15) is 0 Å². The average molecular weight is 432 g/mol. The van der Waals surface area contributed by atoms with Gasteiger partial charge in [-0.25, -0.2) is 4.79 Å². The van der Waals surface area contributed by atoms with Crippen LogP contribution in [0.5, 0.6) is 11.5 Å². The highest BCUT2D eigenvalue weighted by molar-refractivity contribution is 6.09. The number of nitrogens with zero attached hydrogens (tertiary/aromatic N) is 1. The number of carboxylic acid groups (broad SMARTS) is 1. The summed E-state index contributed by atoms with van der Waals surface area (Å²) in [5, 5.41) is 9.87. The minimum atomic E-state index is -1.12. The van der Waals surface area contributed by atoms with E-state index in [9.17, 15) is 14.7 Å². The number of carbonyl (C=O) groups excluding carboxylic acids is 1. The fourth-order valence-corrected chi connectivity index (χ4v) is 3.46. The normalized spacial score (nSPS) is 11.3. The fraction of sp³-hybridized carbons (Fsp3) is 0.259. The lowest BCUT2D eigenvalue weighted by Gasteiger charge is -2.29. The Bertz CT molecular complexity index is 1100. The zero-order valence-electron chi connectivity index (χ0n) is 19.1. The molecule has 1 N–H and O–H groups in total. The summed E-state index contributed by atoms with van der Waals surface area (Å²) in [5.74, 6) is -0.380. The van der Waals surface area contributed by atoms with Crippen molar-refractivity contribution >= 4 is 17.6 Å². The lowest BCUT2D eigenvalue weighted by molar-refractivity contribution is 0.0697. The number of anilines is 1. The maximum absolute atomic E-state index is 13.4. The maximum Gasteiger partial charge on any atom is 0.337 e. The van der Waals surface area contributed by atoms with E-state index in [-0.39, 0.29) is 22.9 Å². The Morgan fingerprint density at radius 1 is 0.875 bits per heavy atom. The van der Waals surface area contributed by atoms with Gasteiger partial charge in [-0.1, -0.05) is 51.1 Å². The minimum absolute atomic E-state index is 0.00629. The Morgan fingerprint density at radius 2 is 1.50 bits per heavy atom. The van der Waals surface area contributed by atoms with Gasteiger partial charge >= 0.3 is 5.97 Å². The van der Waals surface area contributed by atoms with Gasteiger partial charge < -0.3 is 14.7 Å². The molecule has 3 aromatic rings. The molecule has 0 aliphatic rings. The van der Waals surface area contributed by atoms with Crippen LogP contribution in [0, 0.1) is 0 Å². The van der Waals surface area contributed by atoms with Crippen LogP contribution in [0.25, 0.3) is 0 Å². The van der Waals surface area contributed by atoms with E-state index in [2.05, 4.69) is 20.8 Å². The fourth-order valence-electron chi connectivity index (χ4n) is 3.46. The minimum Gasteiger partial charge on any atom is -0.478 e. The highest BCUT2D eigenvalue weighted by atomic mass is 16.5. The first kappa shape index (κ1) is 23.1. The van der Waals surface area contributed by atoms with Gasteiger partial charge in [-0.05, 0) is 67.3 Å². The van der Waals surface area contributed by atoms with Crippen LogP contribution in [0.15, 0.2) is 72.8 Å². The molecule has 0 saturated heterocycles. The summed E-state index contributed by atoms with van der Waals surface area (Å²) in [6.45, 7) is 10.1. The third-order valence-electron chi connectivity index (χ3n) is 5.17. The Balaban J connectivity index is 1.98. The highest BCUT2D eigenvalue weighted by Crippen LogP contribution is 2.31. The number of carboxylic acids is 1. The molecule has 5 heteroatoms. The molecule has 0 bridgehead atoms. The number of ether oxygens (including phenoxy) is 1. The van der Waals surface area contributed by atoms with E-state index < -0.39 is 5.97 Å². The number of aromatic carboxylic acids is 1. The molecule has 3 rings (SSSR count). The largest absolute Gasteiger partial charge is 0.478 e. The number of hydrogen-bond acceptors (Lipinski definition) is 3. The van der Waals surface area contributed by atoms with Crippen LogP contribution in [0.3, 0.4) is 0 Å². The predicted molar refractivity (Wildman–Crippen MR) is 127 cm³/mol.